The number of rotatable bonds is 4. The van der Waals surface area contributed by atoms with Crippen molar-refractivity contribution >= 4 is 28.8 Å². The zero-order valence-corrected chi connectivity index (χ0v) is 11.5. The molecule has 0 heterocycles. The van der Waals surface area contributed by atoms with Crippen molar-refractivity contribution in [1.29, 1.82) is 0 Å². The van der Waals surface area contributed by atoms with Gasteiger partial charge in [0.15, 0.2) is 0 Å². The Morgan fingerprint density at radius 1 is 1.26 bits per heavy atom. The zero-order chi connectivity index (χ0) is 13.8. The lowest BCUT2D eigenvalue weighted by molar-refractivity contribution is 0.305. The van der Waals surface area contributed by atoms with Crippen molar-refractivity contribution in [2.75, 3.05) is 0 Å². The van der Waals surface area contributed by atoms with Gasteiger partial charge < -0.3 is 10.5 Å². The predicted molar refractivity (Wildman–Crippen MR) is 78.1 cm³/mol. The summed E-state index contributed by atoms with van der Waals surface area (Å²) in [6, 6.07) is 11.7. The molecular weight excluding hydrogens is 285 g/mol. The summed E-state index contributed by atoms with van der Waals surface area (Å²) in [5, 5.41) is 0.0769. The first-order chi connectivity index (χ1) is 9.08. The fraction of sp³-hybridized carbons (Fsp3) is 0.0714. The van der Waals surface area contributed by atoms with Crippen LogP contribution in [0, 0.1) is 5.82 Å². The number of hydrogen-bond acceptors (Lipinski definition) is 2. The quantitative estimate of drug-likeness (QED) is 0.874. The van der Waals surface area contributed by atoms with Crippen molar-refractivity contribution in [3.8, 4) is 5.75 Å². The molecule has 0 bridgehead atoms. The molecule has 0 aliphatic rings. The lowest BCUT2D eigenvalue weighted by Gasteiger charge is -2.09. The molecule has 19 heavy (non-hydrogen) atoms. The van der Waals surface area contributed by atoms with E-state index in [0.29, 0.717) is 16.3 Å². The second-order valence-corrected chi connectivity index (χ2v) is 4.71. The van der Waals surface area contributed by atoms with Gasteiger partial charge in [-0.3, -0.25) is 0 Å². The third-order valence-electron chi connectivity index (χ3n) is 2.54. The highest BCUT2D eigenvalue weighted by molar-refractivity contribution is 7.80. The van der Waals surface area contributed by atoms with Crippen LogP contribution in [-0.2, 0) is 6.61 Å². The van der Waals surface area contributed by atoms with Crippen molar-refractivity contribution in [3.05, 3.63) is 64.4 Å². The minimum atomic E-state index is -0.459. The van der Waals surface area contributed by atoms with Crippen molar-refractivity contribution in [2.45, 2.75) is 6.61 Å². The van der Waals surface area contributed by atoms with Gasteiger partial charge in [0.1, 0.15) is 23.2 Å². The Kier molecular flexibility index (Phi) is 4.35. The van der Waals surface area contributed by atoms with Gasteiger partial charge in [-0.1, -0.05) is 48.1 Å². The van der Waals surface area contributed by atoms with E-state index in [9.17, 15) is 4.39 Å². The monoisotopic (exact) mass is 295 g/mol. The van der Waals surface area contributed by atoms with Crippen LogP contribution >= 0.6 is 23.8 Å². The van der Waals surface area contributed by atoms with E-state index in [0.717, 1.165) is 5.56 Å². The molecule has 98 valence electrons. The minimum absolute atomic E-state index is 0.0769. The topological polar surface area (TPSA) is 35.2 Å². The average Bonchev–Trinajstić information content (AvgIpc) is 2.41. The number of hydrogen-bond donors (Lipinski definition) is 1. The molecule has 0 spiro atoms. The molecule has 0 amide bonds. The van der Waals surface area contributed by atoms with E-state index >= 15 is 0 Å². The molecule has 0 fully saturated rings. The number of nitrogens with two attached hydrogens (primary N) is 1. The van der Waals surface area contributed by atoms with Gasteiger partial charge in [-0.15, -0.1) is 0 Å². The van der Waals surface area contributed by atoms with Crippen LogP contribution in [0.1, 0.15) is 11.1 Å². The highest BCUT2D eigenvalue weighted by Crippen LogP contribution is 2.22. The van der Waals surface area contributed by atoms with E-state index in [1.807, 2.05) is 0 Å². The van der Waals surface area contributed by atoms with Crippen LogP contribution < -0.4 is 10.5 Å². The fourth-order valence-electron chi connectivity index (χ4n) is 1.56. The largest absolute Gasteiger partial charge is 0.489 e. The maximum Gasteiger partial charge on any atom is 0.142 e. The molecule has 2 aromatic carbocycles. The Hall–Kier alpha value is -1.65. The lowest BCUT2D eigenvalue weighted by Crippen LogP contribution is -2.09. The second kappa shape index (κ2) is 5.99. The normalized spacial score (nSPS) is 10.2. The third kappa shape index (κ3) is 3.43. The number of halogens is 2. The van der Waals surface area contributed by atoms with Crippen LogP contribution in [0.5, 0.6) is 5.75 Å². The van der Waals surface area contributed by atoms with Gasteiger partial charge in [0.25, 0.3) is 0 Å². The first-order valence-corrected chi connectivity index (χ1v) is 6.32. The Morgan fingerprint density at radius 2 is 2.00 bits per heavy atom. The first-order valence-electron chi connectivity index (χ1n) is 5.53. The molecule has 5 heteroatoms. The van der Waals surface area contributed by atoms with Crippen molar-refractivity contribution in [1.82, 2.24) is 0 Å². The van der Waals surface area contributed by atoms with E-state index in [-0.39, 0.29) is 11.6 Å². The molecule has 0 aromatic heterocycles. The van der Waals surface area contributed by atoms with Crippen molar-refractivity contribution in [2.24, 2.45) is 5.73 Å². The molecular formula is C14H11ClFNOS. The number of thiocarbonyl (C=S) groups is 1. The maximum absolute atomic E-state index is 13.3. The highest BCUT2D eigenvalue weighted by Gasteiger charge is 2.06. The molecule has 2 aromatic rings. The summed E-state index contributed by atoms with van der Waals surface area (Å²) in [6.07, 6.45) is 0. The molecule has 0 radical (unpaired) electrons. The first kappa shape index (κ1) is 13.8. The Balaban J connectivity index is 2.12. The fourth-order valence-corrected chi connectivity index (χ4v) is 1.87. The highest BCUT2D eigenvalue weighted by atomic mass is 35.5. The van der Waals surface area contributed by atoms with Gasteiger partial charge in [0.2, 0.25) is 0 Å². The predicted octanol–water partition coefficient (Wildman–Crippen LogP) is 3.69. The molecule has 0 saturated carbocycles. The number of benzene rings is 2. The molecule has 0 aliphatic heterocycles. The SMILES string of the molecule is NC(=S)c1cccc(OCc2cccc(F)c2Cl)c1. The summed E-state index contributed by atoms with van der Waals surface area (Å²) >= 11 is 10.7. The smallest absolute Gasteiger partial charge is 0.142 e. The zero-order valence-electron chi connectivity index (χ0n) is 9.90. The molecule has 2 rings (SSSR count). The van der Waals surface area contributed by atoms with Crippen LogP contribution in [-0.4, -0.2) is 4.99 Å². The summed E-state index contributed by atoms with van der Waals surface area (Å²) in [7, 11) is 0. The maximum atomic E-state index is 13.3. The second-order valence-electron chi connectivity index (χ2n) is 3.89. The Labute approximate surface area is 120 Å². The third-order valence-corrected chi connectivity index (χ3v) is 3.20. The standard InChI is InChI=1S/C14H11ClFNOS/c15-13-10(4-2-6-12(13)16)8-18-11-5-1-3-9(7-11)14(17)19/h1-7H,8H2,(H2,17,19). The summed E-state index contributed by atoms with van der Waals surface area (Å²) in [5.41, 5.74) is 6.84. The van der Waals surface area contributed by atoms with Crippen LogP contribution in [0.3, 0.4) is 0 Å². The van der Waals surface area contributed by atoms with Crippen LogP contribution in [0.4, 0.5) is 4.39 Å². The van der Waals surface area contributed by atoms with E-state index in [2.05, 4.69) is 0 Å². The van der Waals surface area contributed by atoms with Crippen molar-refractivity contribution < 1.29 is 9.13 Å². The minimum Gasteiger partial charge on any atom is -0.489 e. The number of ether oxygens (including phenoxy) is 1. The summed E-state index contributed by atoms with van der Waals surface area (Å²) in [4.78, 5) is 0.300. The molecule has 0 atom stereocenters. The van der Waals surface area contributed by atoms with E-state index in [1.165, 1.54) is 6.07 Å². The lowest BCUT2D eigenvalue weighted by atomic mass is 10.2. The molecule has 0 unspecified atom stereocenters. The van der Waals surface area contributed by atoms with Gasteiger partial charge in [0, 0.05) is 11.1 Å². The summed E-state index contributed by atoms with van der Waals surface area (Å²) in [5.74, 6) is 0.144. The average molecular weight is 296 g/mol. The van der Waals surface area contributed by atoms with E-state index in [1.54, 1.807) is 36.4 Å². The van der Waals surface area contributed by atoms with E-state index in [4.69, 9.17) is 34.3 Å². The van der Waals surface area contributed by atoms with Gasteiger partial charge in [0.05, 0.1) is 5.02 Å². The van der Waals surface area contributed by atoms with Crippen molar-refractivity contribution in [3.63, 3.8) is 0 Å². The molecule has 2 N–H and O–H groups in total. The van der Waals surface area contributed by atoms with E-state index < -0.39 is 5.82 Å². The van der Waals surface area contributed by atoms with Gasteiger partial charge in [-0.2, -0.15) is 0 Å². The Bertz CT molecular complexity index is 618. The van der Waals surface area contributed by atoms with Crippen LogP contribution in [0.15, 0.2) is 42.5 Å². The van der Waals surface area contributed by atoms with Gasteiger partial charge in [-0.05, 0) is 18.2 Å². The Morgan fingerprint density at radius 3 is 2.74 bits per heavy atom. The summed E-state index contributed by atoms with van der Waals surface area (Å²) < 4.78 is 18.8. The van der Waals surface area contributed by atoms with Gasteiger partial charge in [-0.25, -0.2) is 4.39 Å². The van der Waals surface area contributed by atoms with Crippen LogP contribution in [0.25, 0.3) is 0 Å². The molecule has 0 saturated heterocycles. The van der Waals surface area contributed by atoms with Crippen LogP contribution in [0.2, 0.25) is 5.02 Å². The van der Waals surface area contributed by atoms with Gasteiger partial charge >= 0.3 is 0 Å². The molecule has 0 aliphatic carbocycles. The summed E-state index contributed by atoms with van der Waals surface area (Å²) in [6.45, 7) is 0.178. The molecule has 2 nitrogen and oxygen atoms in total.